The molecule has 0 aliphatic heterocycles. The van der Waals surface area contributed by atoms with Gasteiger partial charge >= 0.3 is 0 Å². The highest BCUT2D eigenvalue weighted by atomic mass is 32.2. The minimum atomic E-state index is 0.742. The van der Waals surface area contributed by atoms with Crippen LogP contribution < -0.4 is 5.32 Å². The molecule has 1 aliphatic rings. The monoisotopic (exact) mass is 294 g/mol. The van der Waals surface area contributed by atoms with E-state index in [1.54, 1.807) is 7.11 Å². The van der Waals surface area contributed by atoms with Gasteiger partial charge in [0.05, 0.1) is 6.61 Å². The van der Waals surface area contributed by atoms with Gasteiger partial charge < -0.3 is 10.1 Å². The lowest BCUT2D eigenvalue weighted by Gasteiger charge is -2.26. The summed E-state index contributed by atoms with van der Waals surface area (Å²) in [6.45, 7) is 4.89. The topological polar surface area (TPSA) is 34.1 Å². The van der Waals surface area contributed by atoms with E-state index < -0.39 is 0 Å². The van der Waals surface area contributed by atoms with E-state index in [0.29, 0.717) is 0 Å². The zero-order valence-electron chi connectivity index (χ0n) is 12.6. The van der Waals surface area contributed by atoms with Gasteiger partial charge in [0.15, 0.2) is 0 Å². The van der Waals surface area contributed by atoms with E-state index in [0.717, 1.165) is 30.9 Å². The molecule has 1 N–H and O–H groups in total. The van der Waals surface area contributed by atoms with Crippen molar-refractivity contribution in [2.24, 2.45) is 5.92 Å². The highest BCUT2D eigenvalue weighted by Crippen LogP contribution is 2.36. The Balaban J connectivity index is 1.89. The first kappa shape index (κ1) is 15.8. The molecule has 0 amide bonds. The fourth-order valence-electron chi connectivity index (χ4n) is 2.71. The second-order valence-electron chi connectivity index (χ2n) is 5.65. The number of thioether (sulfide) groups is 1. The summed E-state index contributed by atoms with van der Waals surface area (Å²) in [5.41, 5.74) is 1.31. The molecular weight excluding hydrogens is 268 g/mol. The van der Waals surface area contributed by atoms with Crippen LogP contribution in [0.1, 0.15) is 38.2 Å². The number of nitrogens with zero attached hydrogens (tertiary/aromatic N) is 1. The van der Waals surface area contributed by atoms with E-state index in [2.05, 4.69) is 23.3 Å². The van der Waals surface area contributed by atoms with Gasteiger partial charge in [-0.15, -0.1) is 11.8 Å². The largest absolute Gasteiger partial charge is 0.383 e. The molecular formula is C16H26N2OS. The third-order valence-electron chi connectivity index (χ3n) is 3.81. The maximum absolute atomic E-state index is 5.06. The van der Waals surface area contributed by atoms with Crippen molar-refractivity contribution >= 4 is 11.8 Å². The van der Waals surface area contributed by atoms with Gasteiger partial charge in [-0.1, -0.05) is 25.8 Å². The van der Waals surface area contributed by atoms with Gasteiger partial charge in [-0.3, -0.25) is 0 Å². The van der Waals surface area contributed by atoms with Gasteiger partial charge in [-0.25, -0.2) is 4.98 Å². The molecule has 112 valence electrons. The maximum Gasteiger partial charge on any atom is 0.101 e. The van der Waals surface area contributed by atoms with Crippen LogP contribution in [0.2, 0.25) is 0 Å². The van der Waals surface area contributed by atoms with Gasteiger partial charge in [-0.2, -0.15) is 0 Å². The lowest BCUT2D eigenvalue weighted by atomic mass is 9.91. The highest BCUT2D eigenvalue weighted by molar-refractivity contribution is 7.99. The van der Waals surface area contributed by atoms with E-state index in [1.807, 2.05) is 24.0 Å². The number of ether oxygens (including phenoxy) is 1. The first-order valence-electron chi connectivity index (χ1n) is 7.59. The summed E-state index contributed by atoms with van der Waals surface area (Å²) in [5, 5.41) is 5.36. The Labute approximate surface area is 126 Å². The van der Waals surface area contributed by atoms with Crippen molar-refractivity contribution in [1.82, 2.24) is 10.3 Å². The third kappa shape index (κ3) is 5.08. The summed E-state index contributed by atoms with van der Waals surface area (Å²) in [7, 11) is 1.73. The molecule has 1 aromatic rings. The van der Waals surface area contributed by atoms with Crippen LogP contribution in [0.15, 0.2) is 23.4 Å². The molecule has 1 aromatic heterocycles. The van der Waals surface area contributed by atoms with Crippen molar-refractivity contribution in [1.29, 1.82) is 0 Å². The molecule has 1 aliphatic carbocycles. The van der Waals surface area contributed by atoms with Crippen molar-refractivity contribution in [2.45, 2.75) is 49.4 Å². The van der Waals surface area contributed by atoms with Gasteiger partial charge in [0.1, 0.15) is 5.03 Å². The maximum atomic E-state index is 5.06. The quantitative estimate of drug-likeness (QED) is 0.781. The zero-order valence-corrected chi connectivity index (χ0v) is 13.4. The number of methoxy groups -OCH3 is 1. The molecule has 0 aromatic carbocycles. The van der Waals surface area contributed by atoms with E-state index >= 15 is 0 Å². The highest BCUT2D eigenvalue weighted by Gasteiger charge is 2.21. The number of pyridine rings is 1. The number of nitrogens with one attached hydrogen (secondary N) is 1. The first-order valence-corrected chi connectivity index (χ1v) is 8.47. The molecule has 1 heterocycles. The van der Waals surface area contributed by atoms with E-state index in [-0.39, 0.29) is 0 Å². The first-order chi connectivity index (χ1) is 9.79. The normalized spacial score (nSPS) is 22.9. The number of aromatic nitrogens is 1. The Bertz CT molecular complexity index is 400. The summed E-state index contributed by atoms with van der Waals surface area (Å²) < 4.78 is 5.06. The summed E-state index contributed by atoms with van der Waals surface area (Å²) in [4.78, 5) is 4.59. The predicted octanol–water partition coefficient (Wildman–Crippen LogP) is 3.49. The number of rotatable bonds is 7. The number of hydrogen-bond acceptors (Lipinski definition) is 4. The molecule has 0 bridgehead atoms. The Kier molecular flexibility index (Phi) is 6.83. The standard InChI is InChI=1S/C16H26N2OS/c1-13-5-3-7-15(11-13)20-16-14(6-4-8-18-16)12-17-9-10-19-2/h4,6,8,13,15,17H,3,5,7,9-12H2,1-2H3. The fraction of sp³-hybridized carbons (Fsp3) is 0.688. The molecule has 2 atom stereocenters. The second-order valence-corrected chi connectivity index (χ2v) is 6.94. The summed E-state index contributed by atoms with van der Waals surface area (Å²) in [5.74, 6) is 0.869. The van der Waals surface area contributed by atoms with Gasteiger partial charge in [0, 0.05) is 31.6 Å². The van der Waals surface area contributed by atoms with Gasteiger partial charge in [0.25, 0.3) is 0 Å². The Morgan fingerprint density at radius 3 is 3.15 bits per heavy atom. The van der Waals surface area contributed by atoms with E-state index in [9.17, 15) is 0 Å². The molecule has 2 unspecified atom stereocenters. The van der Waals surface area contributed by atoms with Crippen molar-refractivity contribution in [3.63, 3.8) is 0 Å². The average Bonchev–Trinajstić information content (AvgIpc) is 2.45. The van der Waals surface area contributed by atoms with Crippen LogP contribution in [0, 0.1) is 5.92 Å². The average molecular weight is 294 g/mol. The van der Waals surface area contributed by atoms with Gasteiger partial charge in [0.2, 0.25) is 0 Å². The smallest absolute Gasteiger partial charge is 0.101 e. The minimum absolute atomic E-state index is 0.742. The Morgan fingerprint density at radius 2 is 2.35 bits per heavy atom. The molecule has 2 rings (SSSR count). The molecule has 1 fully saturated rings. The van der Waals surface area contributed by atoms with Crippen molar-refractivity contribution in [2.75, 3.05) is 20.3 Å². The SMILES string of the molecule is COCCNCc1cccnc1SC1CCCC(C)C1. The Morgan fingerprint density at radius 1 is 1.45 bits per heavy atom. The van der Waals surface area contributed by atoms with Crippen LogP contribution in [-0.2, 0) is 11.3 Å². The third-order valence-corrected chi connectivity index (χ3v) is 5.17. The molecule has 0 radical (unpaired) electrons. The molecule has 0 spiro atoms. The van der Waals surface area contributed by atoms with Crippen LogP contribution >= 0.6 is 11.8 Å². The second kappa shape index (κ2) is 8.65. The van der Waals surface area contributed by atoms with Crippen molar-refractivity contribution < 1.29 is 4.74 Å². The fourth-order valence-corrected chi connectivity index (χ4v) is 4.14. The Hall–Kier alpha value is -0.580. The molecule has 4 heteroatoms. The van der Waals surface area contributed by atoms with Crippen molar-refractivity contribution in [3.05, 3.63) is 23.9 Å². The molecule has 0 saturated heterocycles. The zero-order chi connectivity index (χ0) is 14.2. The van der Waals surface area contributed by atoms with Crippen LogP contribution in [0.5, 0.6) is 0 Å². The summed E-state index contributed by atoms with van der Waals surface area (Å²) in [6, 6.07) is 4.21. The number of hydrogen-bond donors (Lipinski definition) is 1. The summed E-state index contributed by atoms with van der Waals surface area (Å²) >= 11 is 1.98. The predicted molar refractivity (Wildman–Crippen MR) is 85.1 cm³/mol. The van der Waals surface area contributed by atoms with Crippen LogP contribution in [-0.4, -0.2) is 30.5 Å². The molecule has 20 heavy (non-hydrogen) atoms. The molecule has 3 nitrogen and oxygen atoms in total. The lowest BCUT2D eigenvalue weighted by Crippen LogP contribution is -2.20. The van der Waals surface area contributed by atoms with E-state index in [1.165, 1.54) is 36.3 Å². The van der Waals surface area contributed by atoms with Crippen LogP contribution in [0.4, 0.5) is 0 Å². The van der Waals surface area contributed by atoms with Crippen LogP contribution in [0.25, 0.3) is 0 Å². The summed E-state index contributed by atoms with van der Waals surface area (Å²) in [6.07, 6.45) is 7.34. The van der Waals surface area contributed by atoms with E-state index in [4.69, 9.17) is 4.74 Å². The molecule has 1 saturated carbocycles. The van der Waals surface area contributed by atoms with Crippen LogP contribution in [0.3, 0.4) is 0 Å². The van der Waals surface area contributed by atoms with Crippen molar-refractivity contribution in [3.8, 4) is 0 Å². The lowest BCUT2D eigenvalue weighted by molar-refractivity contribution is 0.199. The van der Waals surface area contributed by atoms with Gasteiger partial charge in [-0.05, 0) is 30.4 Å². The minimum Gasteiger partial charge on any atom is -0.383 e.